The first-order chi connectivity index (χ1) is 8.58. The van der Waals surface area contributed by atoms with Crippen molar-refractivity contribution in [1.82, 2.24) is 0 Å². The second kappa shape index (κ2) is 5.69. The van der Waals surface area contributed by atoms with E-state index in [4.69, 9.17) is 0 Å². The van der Waals surface area contributed by atoms with Crippen LogP contribution < -0.4 is 4.74 Å². The van der Waals surface area contributed by atoms with Crippen molar-refractivity contribution in [1.29, 1.82) is 0 Å². The van der Waals surface area contributed by atoms with Gasteiger partial charge in [-0.2, -0.15) is 17.6 Å². The molecule has 0 radical (unpaired) electrons. The summed E-state index contributed by atoms with van der Waals surface area (Å²) in [6.07, 6.45) is -7.59. The quantitative estimate of drug-likeness (QED) is 0.653. The Labute approximate surface area is 118 Å². The average Bonchev–Trinajstić information content (AvgIpc) is 2.27. The Hall–Kier alpha value is -0.780. The van der Waals surface area contributed by atoms with Crippen molar-refractivity contribution in [2.24, 2.45) is 0 Å². The molecule has 0 aromatic heterocycles. The molecule has 1 nitrogen and oxygen atoms in total. The van der Waals surface area contributed by atoms with Gasteiger partial charge < -0.3 is 4.74 Å². The van der Waals surface area contributed by atoms with E-state index in [9.17, 15) is 17.6 Å². The van der Waals surface area contributed by atoms with Gasteiger partial charge in [-0.25, -0.2) is 0 Å². The van der Waals surface area contributed by atoms with Gasteiger partial charge in [0.1, 0.15) is 5.75 Å². The molecule has 0 heterocycles. The van der Waals surface area contributed by atoms with Crippen molar-refractivity contribution in [3.05, 3.63) is 28.2 Å². The van der Waals surface area contributed by atoms with E-state index in [0.717, 1.165) is 12.0 Å². The minimum absolute atomic E-state index is 0.262. The van der Waals surface area contributed by atoms with Gasteiger partial charge in [0.2, 0.25) is 0 Å². The molecule has 0 spiro atoms. The molecule has 108 valence electrons. The van der Waals surface area contributed by atoms with Crippen molar-refractivity contribution in [3.63, 3.8) is 0 Å². The summed E-state index contributed by atoms with van der Waals surface area (Å²) in [5.41, 5.74) is 0.478. The highest BCUT2D eigenvalue weighted by Crippen LogP contribution is 2.35. The maximum absolute atomic E-state index is 12.9. The molecule has 0 saturated carbocycles. The predicted molar refractivity (Wildman–Crippen MR) is 69.0 cm³/mol. The first-order valence-electron chi connectivity index (χ1n) is 5.74. The van der Waals surface area contributed by atoms with Gasteiger partial charge in [-0.15, -0.1) is 0 Å². The molecule has 1 rings (SSSR count). The summed E-state index contributed by atoms with van der Waals surface area (Å²) in [4.78, 5) is 0. The third kappa shape index (κ3) is 4.09. The summed E-state index contributed by atoms with van der Waals surface area (Å²) < 4.78 is 54.6. The van der Waals surface area contributed by atoms with Crippen LogP contribution in [0.5, 0.6) is 5.75 Å². The van der Waals surface area contributed by atoms with E-state index in [-0.39, 0.29) is 11.2 Å². The highest BCUT2D eigenvalue weighted by atomic mass is 79.9. The lowest BCUT2D eigenvalue weighted by Crippen LogP contribution is -2.33. The standard InChI is InChI=1S/C13H15BrF4O/c1-4-12(2,3)8-5-9(14)7-10(6-8)19-13(17,18)11(15)16/h5-7,11H,4H2,1-3H3. The highest BCUT2D eigenvalue weighted by Gasteiger charge is 2.44. The molecule has 1 aromatic carbocycles. The lowest BCUT2D eigenvalue weighted by Gasteiger charge is -2.25. The fraction of sp³-hybridized carbons (Fsp3) is 0.538. The smallest absolute Gasteiger partial charge is 0.428 e. The summed E-state index contributed by atoms with van der Waals surface area (Å²) in [7, 11) is 0. The summed E-state index contributed by atoms with van der Waals surface area (Å²) in [6, 6.07) is 4.37. The van der Waals surface area contributed by atoms with Gasteiger partial charge in [0.15, 0.2) is 0 Å². The summed E-state index contributed by atoms with van der Waals surface area (Å²) >= 11 is 3.17. The maximum Gasteiger partial charge on any atom is 0.461 e. The highest BCUT2D eigenvalue weighted by molar-refractivity contribution is 9.10. The first kappa shape index (κ1) is 16.3. The van der Waals surface area contributed by atoms with Gasteiger partial charge >= 0.3 is 12.5 Å². The zero-order valence-corrected chi connectivity index (χ0v) is 12.4. The van der Waals surface area contributed by atoms with E-state index >= 15 is 0 Å². The van der Waals surface area contributed by atoms with Crippen LogP contribution in [0.25, 0.3) is 0 Å². The van der Waals surface area contributed by atoms with Crippen molar-refractivity contribution in [3.8, 4) is 5.75 Å². The number of benzene rings is 1. The lowest BCUT2D eigenvalue weighted by molar-refractivity contribution is -0.253. The maximum atomic E-state index is 12.9. The Morgan fingerprint density at radius 3 is 2.26 bits per heavy atom. The second-order valence-corrected chi connectivity index (χ2v) is 5.79. The van der Waals surface area contributed by atoms with Crippen LogP contribution in [0.4, 0.5) is 17.6 Å². The fourth-order valence-corrected chi connectivity index (χ4v) is 1.89. The Morgan fingerprint density at radius 1 is 1.21 bits per heavy atom. The fourth-order valence-electron chi connectivity index (χ4n) is 1.42. The largest absolute Gasteiger partial charge is 0.461 e. The van der Waals surface area contributed by atoms with E-state index in [0.29, 0.717) is 4.47 Å². The van der Waals surface area contributed by atoms with Crippen LogP contribution in [0.1, 0.15) is 32.8 Å². The first-order valence-corrected chi connectivity index (χ1v) is 6.54. The van der Waals surface area contributed by atoms with Gasteiger partial charge in [0, 0.05) is 4.47 Å². The molecule has 0 saturated heterocycles. The minimum Gasteiger partial charge on any atom is -0.428 e. The van der Waals surface area contributed by atoms with Crippen LogP contribution in [-0.4, -0.2) is 12.5 Å². The van der Waals surface area contributed by atoms with Gasteiger partial charge in [0.25, 0.3) is 0 Å². The van der Waals surface area contributed by atoms with Gasteiger partial charge in [0.05, 0.1) is 0 Å². The van der Waals surface area contributed by atoms with Crippen LogP contribution in [0.2, 0.25) is 0 Å². The van der Waals surface area contributed by atoms with Gasteiger partial charge in [-0.3, -0.25) is 0 Å². The molecular formula is C13H15BrF4O. The van der Waals surface area contributed by atoms with Crippen molar-refractivity contribution in [2.45, 2.75) is 45.1 Å². The molecule has 19 heavy (non-hydrogen) atoms. The molecule has 0 bridgehead atoms. The van der Waals surface area contributed by atoms with Crippen molar-refractivity contribution < 1.29 is 22.3 Å². The molecular weight excluding hydrogens is 328 g/mol. The van der Waals surface area contributed by atoms with E-state index in [2.05, 4.69) is 20.7 Å². The number of ether oxygens (including phenoxy) is 1. The molecule has 6 heteroatoms. The third-order valence-corrected chi connectivity index (χ3v) is 3.50. The molecule has 0 N–H and O–H groups in total. The van der Waals surface area contributed by atoms with E-state index in [1.54, 1.807) is 6.07 Å². The number of hydrogen-bond donors (Lipinski definition) is 0. The van der Waals surface area contributed by atoms with Crippen LogP contribution in [0.3, 0.4) is 0 Å². The van der Waals surface area contributed by atoms with E-state index < -0.39 is 12.5 Å². The van der Waals surface area contributed by atoms with E-state index in [1.165, 1.54) is 12.1 Å². The number of hydrogen-bond acceptors (Lipinski definition) is 1. The second-order valence-electron chi connectivity index (χ2n) is 4.88. The SMILES string of the molecule is CCC(C)(C)c1cc(Br)cc(OC(F)(F)C(F)F)c1. The van der Waals surface area contributed by atoms with Crippen molar-refractivity contribution >= 4 is 15.9 Å². The van der Waals surface area contributed by atoms with Crippen LogP contribution in [0, 0.1) is 0 Å². The molecule has 0 amide bonds. The summed E-state index contributed by atoms with van der Waals surface area (Å²) in [5.74, 6) is -0.281. The molecule has 0 aliphatic carbocycles. The summed E-state index contributed by atoms with van der Waals surface area (Å²) in [5, 5.41) is 0. The van der Waals surface area contributed by atoms with E-state index in [1.807, 2.05) is 20.8 Å². The zero-order valence-electron chi connectivity index (χ0n) is 10.8. The molecule has 0 unspecified atom stereocenters. The normalized spacial score (nSPS) is 12.9. The van der Waals surface area contributed by atoms with Crippen LogP contribution in [-0.2, 0) is 5.41 Å². The average molecular weight is 343 g/mol. The van der Waals surface area contributed by atoms with Crippen LogP contribution in [0.15, 0.2) is 22.7 Å². The molecule has 0 aliphatic rings. The monoisotopic (exact) mass is 342 g/mol. The molecule has 1 aromatic rings. The molecule has 0 atom stereocenters. The van der Waals surface area contributed by atoms with Crippen molar-refractivity contribution in [2.75, 3.05) is 0 Å². The van der Waals surface area contributed by atoms with Gasteiger partial charge in [-0.1, -0.05) is 36.7 Å². The summed E-state index contributed by atoms with van der Waals surface area (Å²) in [6.45, 7) is 5.82. The van der Waals surface area contributed by atoms with Crippen LogP contribution >= 0.6 is 15.9 Å². The molecule has 0 aliphatic heterocycles. The Kier molecular flexibility index (Phi) is 4.87. The zero-order chi connectivity index (χ0) is 14.8. The Morgan fingerprint density at radius 2 is 1.79 bits per heavy atom. The lowest BCUT2D eigenvalue weighted by atomic mass is 9.82. The predicted octanol–water partition coefficient (Wildman–Crippen LogP) is 5.37. The molecule has 0 fully saturated rings. The minimum atomic E-state index is -4.49. The topological polar surface area (TPSA) is 9.23 Å². The Bertz CT molecular complexity index is 446. The van der Waals surface area contributed by atoms with Gasteiger partial charge in [-0.05, 0) is 35.6 Å². The number of rotatable bonds is 5. The third-order valence-electron chi connectivity index (χ3n) is 3.04. The Balaban J connectivity index is 3.11. The number of alkyl halides is 4. The number of halogens is 5.